The van der Waals surface area contributed by atoms with Crippen molar-refractivity contribution in [2.24, 2.45) is 7.05 Å². The van der Waals surface area contributed by atoms with Crippen LogP contribution in [0.25, 0.3) is 16.7 Å². The van der Waals surface area contributed by atoms with Crippen molar-refractivity contribution in [3.63, 3.8) is 0 Å². The fraction of sp³-hybridized carbons (Fsp3) is 0.286. The van der Waals surface area contributed by atoms with Crippen LogP contribution >= 0.6 is 23.2 Å². The molecule has 1 heterocycles. The maximum Gasteiger partial charge on any atom is 0.335 e. The molecule has 9 heteroatoms. The minimum atomic E-state index is -1.05. The second-order valence-corrected chi connectivity index (χ2v) is 12.1. The molecule has 0 saturated carbocycles. The predicted molar refractivity (Wildman–Crippen MR) is 176 cm³/mol. The normalized spacial score (nSPS) is 12.5. The molecule has 1 aromatic heterocycles. The number of ether oxygens (including phenoxy) is 1. The molecule has 0 atom stereocenters. The number of likely N-dealkylation sites (N-methyl/N-ethyl adjacent to an activating group) is 1. The Morgan fingerprint density at radius 3 is 2.36 bits per heavy atom. The summed E-state index contributed by atoms with van der Waals surface area (Å²) < 4.78 is 7.94. The van der Waals surface area contributed by atoms with Crippen LogP contribution in [-0.2, 0) is 18.3 Å². The molecule has 0 fully saturated rings. The molecule has 4 aromatic rings. The van der Waals surface area contributed by atoms with Gasteiger partial charge in [0.05, 0.1) is 17.9 Å². The molecule has 1 N–H and O–H groups in total. The number of anilines is 1. The lowest BCUT2D eigenvalue weighted by Crippen LogP contribution is -2.28. The van der Waals surface area contributed by atoms with E-state index in [-0.39, 0.29) is 11.5 Å². The number of allylic oxidation sites excluding steroid dienone is 1. The minimum Gasteiger partial charge on any atom is -0.494 e. The van der Waals surface area contributed by atoms with E-state index in [0.29, 0.717) is 42.2 Å². The van der Waals surface area contributed by atoms with Crippen LogP contribution in [-0.4, -0.2) is 40.4 Å². The van der Waals surface area contributed by atoms with Crippen molar-refractivity contribution in [3.05, 3.63) is 103 Å². The molecular weight excluding hydrogens is 597 g/mol. The van der Waals surface area contributed by atoms with Crippen molar-refractivity contribution < 1.29 is 19.4 Å². The third kappa shape index (κ3) is 5.86. The largest absolute Gasteiger partial charge is 0.494 e. The molecule has 0 saturated heterocycles. The highest BCUT2D eigenvalue weighted by molar-refractivity contribution is 6.34. The SMILES string of the molecule is Cc1cc(OCCCC2=C(C(=O)N(C)c3cccc(C(=O)O)c3)Cc3c2ccc(Cl)c3-c2c(C)nn(C)c2C)cc(C)c1Cl. The highest BCUT2D eigenvalue weighted by Gasteiger charge is 2.32. The highest BCUT2D eigenvalue weighted by Crippen LogP contribution is 2.46. The summed E-state index contributed by atoms with van der Waals surface area (Å²) in [4.78, 5) is 27.3. The molecule has 5 rings (SSSR count). The quantitative estimate of drug-likeness (QED) is 0.188. The lowest BCUT2D eigenvalue weighted by Gasteiger charge is -2.20. The zero-order chi connectivity index (χ0) is 31.9. The van der Waals surface area contributed by atoms with Crippen molar-refractivity contribution in [1.82, 2.24) is 9.78 Å². The van der Waals surface area contributed by atoms with Gasteiger partial charge in [-0.1, -0.05) is 35.3 Å². The first-order valence-corrected chi connectivity index (χ1v) is 15.2. The van der Waals surface area contributed by atoms with Crippen molar-refractivity contribution >= 4 is 46.3 Å². The number of aryl methyl sites for hydroxylation is 4. The molecule has 1 aliphatic rings. The van der Waals surface area contributed by atoms with Crippen LogP contribution in [0.5, 0.6) is 5.75 Å². The van der Waals surface area contributed by atoms with E-state index in [0.717, 1.165) is 61.1 Å². The zero-order valence-corrected chi connectivity index (χ0v) is 27.2. The van der Waals surface area contributed by atoms with E-state index in [9.17, 15) is 14.7 Å². The van der Waals surface area contributed by atoms with Gasteiger partial charge in [-0.05, 0) is 105 Å². The number of fused-ring (bicyclic) bond motifs is 1. The van der Waals surface area contributed by atoms with E-state index in [1.165, 1.54) is 17.0 Å². The average Bonchev–Trinajstić information content (AvgIpc) is 3.48. The number of rotatable bonds is 9. The van der Waals surface area contributed by atoms with Gasteiger partial charge in [-0.2, -0.15) is 5.10 Å². The average molecular weight is 633 g/mol. The van der Waals surface area contributed by atoms with Crippen molar-refractivity contribution in [1.29, 1.82) is 0 Å². The Morgan fingerprint density at radius 1 is 1.02 bits per heavy atom. The first-order valence-electron chi connectivity index (χ1n) is 14.4. The van der Waals surface area contributed by atoms with Gasteiger partial charge in [0.15, 0.2) is 0 Å². The summed E-state index contributed by atoms with van der Waals surface area (Å²) in [5.41, 5.74) is 9.85. The molecule has 0 bridgehead atoms. The molecular formula is C35H35Cl2N3O4. The Morgan fingerprint density at radius 2 is 1.73 bits per heavy atom. The highest BCUT2D eigenvalue weighted by atomic mass is 35.5. The van der Waals surface area contributed by atoms with E-state index in [1.54, 1.807) is 19.2 Å². The van der Waals surface area contributed by atoms with Crippen LogP contribution in [0.15, 0.2) is 54.1 Å². The Bertz CT molecular complexity index is 1820. The summed E-state index contributed by atoms with van der Waals surface area (Å²) in [6, 6.07) is 14.2. The van der Waals surface area contributed by atoms with Crippen LogP contribution in [0, 0.1) is 27.7 Å². The van der Waals surface area contributed by atoms with E-state index in [4.69, 9.17) is 27.9 Å². The summed E-state index contributed by atoms with van der Waals surface area (Å²) in [6.45, 7) is 8.35. The number of carbonyl (C=O) groups is 2. The molecule has 3 aromatic carbocycles. The number of carbonyl (C=O) groups excluding carboxylic acids is 1. The second-order valence-electron chi connectivity index (χ2n) is 11.3. The lowest BCUT2D eigenvalue weighted by atomic mass is 9.93. The minimum absolute atomic E-state index is 0.118. The molecule has 44 heavy (non-hydrogen) atoms. The van der Waals surface area contributed by atoms with Gasteiger partial charge >= 0.3 is 5.97 Å². The second kappa shape index (κ2) is 12.5. The van der Waals surface area contributed by atoms with Crippen LogP contribution in [0.4, 0.5) is 5.69 Å². The molecule has 0 radical (unpaired) electrons. The van der Waals surface area contributed by atoms with Gasteiger partial charge in [-0.3, -0.25) is 9.48 Å². The molecule has 1 aliphatic carbocycles. The Labute approximate surface area is 267 Å². The van der Waals surface area contributed by atoms with E-state index >= 15 is 0 Å². The topological polar surface area (TPSA) is 84.7 Å². The van der Waals surface area contributed by atoms with Gasteiger partial charge in [-0.25, -0.2) is 4.79 Å². The standard InChI is InChI=1S/C35H35Cl2N3O4/c1-19-15-25(16-20(2)33(19)37)44-14-8-11-26-27-12-13-30(36)32(31-21(3)38-40(6)22(31)4)28(27)18-29(26)34(41)39(5)24-10-7-9-23(17-24)35(42)43/h7,9-10,12-13,15-17H,8,11,14,18H2,1-6H3,(H,42,43). The number of carboxylic acids is 1. The fourth-order valence-electron chi connectivity index (χ4n) is 6.02. The Kier molecular flexibility index (Phi) is 8.91. The summed E-state index contributed by atoms with van der Waals surface area (Å²) in [6.07, 6.45) is 1.68. The number of benzene rings is 3. The molecule has 228 valence electrons. The predicted octanol–water partition coefficient (Wildman–Crippen LogP) is 8.16. The third-order valence-corrected chi connectivity index (χ3v) is 9.27. The first-order chi connectivity index (χ1) is 20.9. The number of halogens is 2. The molecule has 7 nitrogen and oxygen atoms in total. The van der Waals surface area contributed by atoms with E-state index in [1.807, 2.05) is 63.7 Å². The summed E-state index contributed by atoms with van der Waals surface area (Å²) in [7, 11) is 3.58. The molecule has 1 amide bonds. The third-order valence-electron chi connectivity index (χ3n) is 8.36. The van der Waals surface area contributed by atoms with Gasteiger partial charge in [0, 0.05) is 58.6 Å². The number of aromatic carboxylic acids is 1. The van der Waals surface area contributed by atoms with Crippen LogP contribution in [0.3, 0.4) is 0 Å². The number of hydrogen-bond acceptors (Lipinski definition) is 4. The van der Waals surface area contributed by atoms with Crippen molar-refractivity contribution in [2.45, 2.75) is 47.0 Å². The number of amides is 1. The van der Waals surface area contributed by atoms with Gasteiger partial charge in [0.25, 0.3) is 5.91 Å². The van der Waals surface area contributed by atoms with Gasteiger partial charge < -0.3 is 14.7 Å². The monoisotopic (exact) mass is 631 g/mol. The van der Waals surface area contributed by atoms with Crippen LogP contribution in [0.1, 0.15) is 56.8 Å². The van der Waals surface area contributed by atoms with Crippen LogP contribution in [0.2, 0.25) is 10.0 Å². The van der Waals surface area contributed by atoms with E-state index < -0.39 is 5.97 Å². The van der Waals surface area contributed by atoms with Crippen molar-refractivity contribution in [2.75, 3.05) is 18.6 Å². The van der Waals surface area contributed by atoms with Gasteiger partial charge in [0.2, 0.25) is 0 Å². The number of carboxylic acid groups (broad SMARTS) is 1. The first kappa shape index (κ1) is 31.4. The van der Waals surface area contributed by atoms with Gasteiger partial charge in [0.1, 0.15) is 5.75 Å². The summed E-state index contributed by atoms with van der Waals surface area (Å²) >= 11 is 13.2. The maximum atomic E-state index is 14.2. The number of nitrogens with zero attached hydrogens (tertiary/aromatic N) is 3. The molecule has 0 unspecified atom stereocenters. The summed E-state index contributed by atoms with van der Waals surface area (Å²) in [5, 5.41) is 15.5. The fourth-order valence-corrected chi connectivity index (χ4v) is 6.40. The zero-order valence-electron chi connectivity index (χ0n) is 25.7. The Hall–Kier alpha value is -4.07. The molecule has 0 aliphatic heterocycles. The number of aromatic nitrogens is 2. The Balaban J connectivity index is 1.51. The van der Waals surface area contributed by atoms with Crippen molar-refractivity contribution in [3.8, 4) is 16.9 Å². The lowest BCUT2D eigenvalue weighted by molar-refractivity contribution is -0.114. The smallest absolute Gasteiger partial charge is 0.335 e. The maximum absolute atomic E-state index is 14.2. The number of hydrogen-bond donors (Lipinski definition) is 1. The molecule has 0 spiro atoms. The van der Waals surface area contributed by atoms with E-state index in [2.05, 4.69) is 5.10 Å². The van der Waals surface area contributed by atoms with Gasteiger partial charge in [-0.15, -0.1) is 0 Å². The summed E-state index contributed by atoms with van der Waals surface area (Å²) in [5.74, 6) is -0.477. The van der Waals surface area contributed by atoms with Crippen LogP contribution < -0.4 is 9.64 Å².